The number of rotatable bonds is 10. The number of anilines is 1. The fourth-order valence-electron chi connectivity index (χ4n) is 2.87. The predicted molar refractivity (Wildman–Crippen MR) is 94.2 cm³/mol. The Balaban J connectivity index is 1.69. The summed E-state index contributed by atoms with van der Waals surface area (Å²) in [5.74, 6) is 0.0456. The Kier molecular flexibility index (Phi) is 6.90. The highest BCUT2D eigenvalue weighted by Crippen LogP contribution is 2.27. The molecule has 1 heterocycles. The Bertz CT molecular complexity index is 478. The average Bonchev–Trinajstić information content (AvgIpc) is 2.86. The quantitative estimate of drug-likeness (QED) is 0.665. The van der Waals surface area contributed by atoms with Crippen molar-refractivity contribution in [3.63, 3.8) is 0 Å². The standard InChI is InChI=1S/C19H30N2O2/c1-3-4-5-6-7-11-14-23-16-19(2)15-21(20-18(19)22)17-12-9-8-10-13-17/h8-10,12-13H,3-7,11,14-16H2,1-2H3,(H,20,22). The number of benzene rings is 1. The number of amides is 1. The van der Waals surface area contributed by atoms with E-state index in [0.717, 1.165) is 18.7 Å². The minimum atomic E-state index is -0.474. The number of hydrogen-bond acceptors (Lipinski definition) is 3. The van der Waals surface area contributed by atoms with Gasteiger partial charge >= 0.3 is 0 Å². The molecule has 1 N–H and O–H groups in total. The number of nitrogens with zero attached hydrogens (tertiary/aromatic N) is 1. The molecule has 1 saturated heterocycles. The van der Waals surface area contributed by atoms with Gasteiger partial charge in [0.1, 0.15) is 0 Å². The molecule has 1 aromatic carbocycles. The Hall–Kier alpha value is -1.55. The van der Waals surface area contributed by atoms with Crippen molar-refractivity contribution in [3.8, 4) is 0 Å². The summed E-state index contributed by atoms with van der Waals surface area (Å²) in [7, 11) is 0. The van der Waals surface area contributed by atoms with Gasteiger partial charge in [0.2, 0.25) is 5.91 Å². The number of carbonyl (C=O) groups is 1. The van der Waals surface area contributed by atoms with E-state index in [4.69, 9.17) is 4.74 Å². The second-order valence-corrected chi connectivity index (χ2v) is 6.74. The van der Waals surface area contributed by atoms with Crippen LogP contribution in [0.4, 0.5) is 5.69 Å². The van der Waals surface area contributed by atoms with Crippen molar-refractivity contribution < 1.29 is 9.53 Å². The van der Waals surface area contributed by atoms with Gasteiger partial charge in [0, 0.05) is 6.61 Å². The Morgan fingerprint density at radius 3 is 2.57 bits per heavy atom. The third kappa shape index (κ3) is 5.24. The molecular formula is C19H30N2O2. The molecule has 23 heavy (non-hydrogen) atoms. The van der Waals surface area contributed by atoms with Gasteiger partial charge in [-0.2, -0.15) is 0 Å². The predicted octanol–water partition coefficient (Wildman–Crippen LogP) is 3.92. The molecule has 1 fully saturated rings. The third-order valence-electron chi connectivity index (χ3n) is 4.42. The maximum atomic E-state index is 12.3. The number of hydrazine groups is 1. The molecule has 4 heteroatoms. The van der Waals surface area contributed by atoms with E-state index < -0.39 is 5.41 Å². The second kappa shape index (κ2) is 8.92. The fourth-order valence-corrected chi connectivity index (χ4v) is 2.87. The molecule has 0 bridgehead atoms. The minimum absolute atomic E-state index is 0.0456. The van der Waals surface area contributed by atoms with Gasteiger partial charge in [-0.3, -0.25) is 15.2 Å². The van der Waals surface area contributed by atoms with Gasteiger partial charge in [0.05, 0.1) is 24.3 Å². The minimum Gasteiger partial charge on any atom is -0.380 e. The lowest BCUT2D eigenvalue weighted by atomic mass is 9.92. The Morgan fingerprint density at radius 1 is 1.13 bits per heavy atom. The van der Waals surface area contributed by atoms with Crippen LogP contribution in [0.25, 0.3) is 0 Å². The SMILES string of the molecule is CCCCCCCCOCC1(C)CN(c2ccccc2)NC1=O. The van der Waals surface area contributed by atoms with E-state index in [1.807, 2.05) is 42.3 Å². The summed E-state index contributed by atoms with van der Waals surface area (Å²) in [6, 6.07) is 9.94. The van der Waals surface area contributed by atoms with Crippen molar-refractivity contribution in [1.82, 2.24) is 5.43 Å². The summed E-state index contributed by atoms with van der Waals surface area (Å²) in [6.45, 7) is 6.09. The molecule has 0 aliphatic carbocycles. The van der Waals surface area contributed by atoms with Gasteiger partial charge in [-0.05, 0) is 25.5 Å². The van der Waals surface area contributed by atoms with E-state index in [-0.39, 0.29) is 5.91 Å². The van der Waals surface area contributed by atoms with Gasteiger partial charge < -0.3 is 4.74 Å². The van der Waals surface area contributed by atoms with Crippen LogP contribution in [0.1, 0.15) is 52.4 Å². The van der Waals surface area contributed by atoms with E-state index in [0.29, 0.717) is 13.2 Å². The van der Waals surface area contributed by atoms with Crippen LogP contribution >= 0.6 is 0 Å². The topological polar surface area (TPSA) is 41.6 Å². The van der Waals surface area contributed by atoms with Crippen LogP contribution in [0.2, 0.25) is 0 Å². The second-order valence-electron chi connectivity index (χ2n) is 6.74. The van der Waals surface area contributed by atoms with Crippen LogP contribution < -0.4 is 10.4 Å². The van der Waals surface area contributed by atoms with Crippen LogP contribution in [-0.2, 0) is 9.53 Å². The van der Waals surface area contributed by atoms with Crippen LogP contribution in [0.15, 0.2) is 30.3 Å². The van der Waals surface area contributed by atoms with Gasteiger partial charge in [0.25, 0.3) is 0 Å². The zero-order valence-electron chi connectivity index (χ0n) is 14.5. The molecule has 0 aromatic heterocycles. The van der Waals surface area contributed by atoms with Crippen molar-refractivity contribution in [3.05, 3.63) is 30.3 Å². The molecule has 1 aromatic rings. The molecule has 1 aliphatic heterocycles. The first-order valence-electron chi connectivity index (χ1n) is 8.87. The molecule has 0 radical (unpaired) electrons. The van der Waals surface area contributed by atoms with Gasteiger partial charge in [-0.1, -0.05) is 57.2 Å². The smallest absolute Gasteiger partial charge is 0.248 e. The molecule has 0 saturated carbocycles. The molecule has 2 rings (SSSR count). The van der Waals surface area contributed by atoms with E-state index >= 15 is 0 Å². The molecule has 4 nitrogen and oxygen atoms in total. The molecule has 128 valence electrons. The summed E-state index contributed by atoms with van der Waals surface area (Å²) in [6.07, 6.45) is 7.53. The highest BCUT2D eigenvalue weighted by Gasteiger charge is 2.42. The number of unbranched alkanes of at least 4 members (excludes halogenated alkanes) is 5. The van der Waals surface area contributed by atoms with Crippen LogP contribution in [0.3, 0.4) is 0 Å². The molecule has 1 amide bonds. The lowest BCUT2D eigenvalue weighted by Gasteiger charge is -2.21. The van der Waals surface area contributed by atoms with Gasteiger partial charge in [-0.25, -0.2) is 0 Å². The lowest BCUT2D eigenvalue weighted by molar-refractivity contribution is -0.129. The first-order chi connectivity index (χ1) is 11.2. The van der Waals surface area contributed by atoms with Crippen molar-refractivity contribution in [1.29, 1.82) is 0 Å². The summed E-state index contributed by atoms with van der Waals surface area (Å²) in [4.78, 5) is 12.3. The highest BCUT2D eigenvalue weighted by molar-refractivity contribution is 5.87. The van der Waals surface area contributed by atoms with E-state index in [1.54, 1.807) is 0 Å². The summed E-state index contributed by atoms with van der Waals surface area (Å²) in [5.41, 5.74) is 3.49. The summed E-state index contributed by atoms with van der Waals surface area (Å²) >= 11 is 0. The monoisotopic (exact) mass is 318 g/mol. The number of ether oxygens (including phenoxy) is 1. The van der Waals surface area contributed by atoms with E-state index in [9.17, 15) is 4.79 Å². The first-order valence-corrected chi connectivity index (χ1v) is 8.87. The third-order valence-corrected chi connectivity index (χ3v) is 4.42. The molecule has 1 atom stereocenters. The number of carbonyl (C=O) groups excluding carboxylic acids is 1. The molecule has 0 spiro atoms. The maximum absolute atomic E-state index is 12.3. The van der Waals surface area contributed by atoms with Gasteiger partial charge in [0.15, 0.2) is 0 Å². The average molecular weight is 318 g/mol. The Morgan fingerprint density at radius 2 is 1.83 bits per heavy atom. The highest BCUT2D eigenvalue weighted by atomic mass is 16.5. The van der Waals surface area contributed by atoms with Crippen molar-refractivity contribution in [2.45, 2.75) is 52.4 Å². The van der Waals surface area contributed by atoms with E-state index in [1.165, 1.54) is 32.1 Å². The van der Waals surface area contributed by atoms with Crippen molar-refractivity contribution in [2.24, 2.45) is 5.41 Å². The number of hydrogen-bond donors (Lipinski definition) is 1. The maximum Gasteiger partial charge on any atom is 0.248 e. The number of para-hydroxylation sites is 1. The Labute approximate surface area is 140 Å². The zero-order chi connectivity index (χ0) is 16.5. The normalized spacial score (nSPS) is 20.8. The van der Waals surface area contributed by atoms with E-state index in [2.05, 4.69) is 12.3 Å². The zero-order valence-corrected chi connectivity index (χ0v) is 14.5. The van der Waals surface area contributed by atoms with Crippen LogP contribution in [0, 0.1) is 5.41 Å². The summed E-state index contributed by atoms with van der Waals surface area (Å²) < 4.78 is 5.79. The molecular weight excluding hydrogens is 288 g/mol. The van der Waals surface area contributed by atoms with Gasteiger partial charge in [-0.15, -0.1) is 0 Å². The summed E-state index contributed by atoms with van der Waals surface area (Å²) in [5, 5.41) is 1.91. The van der Waals surface area contributed by atoms with Crippen LogP contribution in [0.5, 0.6) is 0 Å². The molecule has 1 aliphatic rings. The molecule has 1 unspecified atom stereocenters. The largest absolute Gasteiger partial charge is 0.380 e. The first kappa shape index (κ1) is 17.8. The number of nitrogens with one attached hydrogen (secondary N) is 1. The van der Waals surface area contributed by atoms with Crippen molar-refractivity contribution >= 4 is 11.6 Å². The fraction of sp³-hybridized carbons (Fsp3) is 0.632. The van der Waals surface area contributed by atoms with Crippen LogP contribution in [-0.4, -0.2) is 25.7 Å². The lowest BCUT2D eigenvalue weighted by Crippen LogP contribution is -2.34. The van der Waals surface area contributed by atoms with Crippen molar-refractivity contribution in [2.75, 3.05) is 24.8 Å².